The van der Waals surface area contributed by atoms with Crippen LogP contribution in [0.3, 0.4) is 0 Å². The maximum Gasteiger partial charge on any atom is 0.245 e. The van der Waals surface area contributed by atoms with Gasteiger partial charge in [0.25, 0.3) is 0 Å². The molecule has 0 rings (SSSR count). The molecule has 0 aliphatic carbocycles. The molecule has 0 aromatic carbocycles. The van der Waals surface area contributed by atoms with E-state index in [2.05, 4.69) is 45.7 Å². The van der Waals surface area contributed by atoms with Crippen molar-refractivity contribution in [3.63, 3.8) is 0 Å². The topological polar surface area (TPSA) is 221 Å². The number of hydrogen-bond donors (Lipinski definition) is 6. The van der Waals surface area contributed by atoms with Gasteiger partial charge < -0.3 is 55.6 Å². The van der Waals surface area contributed by atoms with Crippen molar-refractivity contribution in [1.29, 1.82) is 0 Å². The number of rotatable bonds is 63. The summed E-state index contributed by atoms with van der Waals surface area (Å²) < 4.78 is 27.1. The highest BCUT2D eigenvalue weighted by molar-refractivity contribution is 5.80. The highest BCUT2D eigenvalue weighted by atomic mass is 16.5. The summed E-state index contributed by atoms with van der Waals surface area (Å²) in [6.45, 7) is 9.11. The van der Waals surface area contributed by atoms with E-state index >= 15 is 0 Å². The van der Waals surface area contributed by atoms with Crippen LogP contribution in [-0.2, 0) is 52.5 Å². The van der Waals surface area contributed by atoms with Gasteiger partial charge in [-0.25, -0.2) is 0 Å². The second-order valence-electron chi connectivity index (χ2n) is 21.5. The molecule has 6 amide bonds. The van der Waals surface area contributed by atoms with E-state index in [1.54, 1.807) is 7.11 Å². The Bertz CT molecular complexity index is 1410. The zero-order valence-electron chi connectivity index (χ0n) is 50.8. The molecule has 0 aliphatic rings. The molecule has 0 unspecified atom stereocenters. The van der Waals surface area contributed by atoms with Gasteiger partial charge in [-0.3, -0.25) is 28.8 Å². The van der Waals surface area contributed by atoms with Gasteiger partial charge >= 0.3 is 0 Å². The summed E-state index contributed by atoms with van der Waals surface area (Å²) >= 11 is 0. The first-order valence-corrected chi connectivity index (χ1v) is 32.1. The predicted molar refractivity (Wildman–Crippen MR) is 319 cm³/mol. The van der Waals surface area contributed by atoms with Gasteiger partial charge in [-0.05, 0) is 51.4 Å². The lowest BCUT2D eigenvalue weighted by molar-refractivity contribution is -0.127. The first-order chi connectivity index (χ1) is 38.7. The average molecular weight is 1130 g/mol. The number of methoxy groups -OCH3 is 1. The van der Waals surface area contributed by atoms with E-state index in [1.165, 1.54) is 141 Å². The number of hydrogen-bond acceptors (Lipinski definition) is 11. The highest BCUT2D eigenvalue weighted by Gasteiger charge is 2.17. The van der Waals surface area contributed by atoms with Crippen molar-refractivity contribution in [2.45, 2.75) is 264 Å². The lowest BCUT2D eigenvalue weighted by atomic mass is 10.0. The Kier molecular flexibility index (Phi) is 59.6. The van der Waals surface area contributed by atoms with Crippen molar-refractivity contribution < 1.29 is 52.5 Å². The van der Waals surface area contributed by atoms with Crippen molar-refractivity contribution in [1.82, 2.24) is 31.9 Å². The lowest BCUT2D eigenvalue weighted by Crippen LogP contribution is -2.40. The third kappa shape index (κ3) is 60.5. The second kappa shape index (κ2) is 62.2. The van der Waals surface area contributed by atoms with Crippen molar-refractivity contribution >= 4 is 35.4 Å². The summed E-state index contributed by atoms with van der Waals surface area (Å²) in [6.07, 6.45) is 40.9. The molecule has 464 valence electrons. The third-order valence-corrected chi connectivity index (χ3v) is 14.0. The maximum absolute atomic E-state index is 13.0. The molecule has 0 saturated carbocycles. The smallest absolute Gasteiger partial charge is 0.245 e. The molecule has 0 saturated heterocycles. The molecule has 79 heavy (non-hydrogen) atoms. The summed E-state index contributed by atoms with van der Waals surface area (Å²) in [5.41, 5.74) is 0. The maximum atomic E-state index is 13.0. The van der Waals surface area contributed by atoms with Gasteiger partial charge in [0.2, 0.25) is 35.4 Å². The summed E-state index contributed by atoms with van der Waals surface area (Å²) in [6, 6.07) is -0.374. The van der Waals surface area contributed by atoms with Gasteiger partial charge in [-0.2, -0.15) is 0 Å². The number of ether oxygens (including phenoxy) is 5. The van der Waals surface area contributed by atoms with Crippen molar-refractivity contribution in [2.75, 3.05) is 99.3 Å². The Balaban J connectivity index is 4.13. The van der Waals surface area contributed by atoms with Gasteiger partial charge in [-0.15, -0.1) is 0 Å². The van der Waals surface area contributed by atoms with E-state index in [0.717, 1.165) is 58.0 Å². The first kappa shape index (κ1) is 75.6. The van der Waals surface area contributed by atoms with Crippen LogP contribution in [0.5, 0.6) is 0 Å². The quantitative estimate of drug-likeness (QED) is 0.0315. The fourth-order valence-electron chi connectivity index (χ4n) is 9.17. The molecule has 0 aliphatic heterocycles. The van der Waals surface area contributed by atoms with Crippen LogP contribution < -0.4 is 31.9 Å². The summed E-state index contributed by atoms with van der Waals surface area (Å²) in [5, 5.41) is 17.4. The molecule has 0 aromatic rings. The minimum Gasteiger partial charge on any atom is -0.385 e. The third-order valence-electron chi connectivity index (χ3n) is 14.0. The molecule has 0 spiro atoms. The van der Waals surface area contributed by atoms with E-state index in [4.69, 9.17) is 23.7 Å². The highest BCUT2D eigenvalue weighted by Crippen LogP contribution is 2.15. The molecule has 0 heterocycles. The lowest BCUT2D eigenvalue weighted by Gasteiger charge is -2.19. The van der Waals surface area contributed by atoms with E-state index < -0.39 is 0 Å². The van der Waals surface area contributed by atoms with E-state index in [0.29, 0.717) is 97.7 Å². The van der Waals surface area contributed by atoms with Crippen molar-refractivity contribution in [3.8, 4) is 0 Å². The SMILES string of the molecule is CCCCCCCCCCCCCCCC(=O)NCCOCCOCC(=O)NCCCC[C@@H](CC(=O)NCCCCCCOC)NC(=O)CCCNC(=O)COCCOCCNC(=O)CCCCCCCCCCCCCCC. The molecular weight excluding hydrogens is 1000 g/mol. The summed E-state index contributed by atoms with van der Waals surface area (Å²) in [7, 11) is 1.69. The van der Waals surface area contributed by atoms with Gasteiger partial charge in [0.05, 0.1) is 39.6 Å². The number of unbranched alkanes of at least 4 members (excludes halogenated alkanes) is 28. The van der Waals surface area contributed by atoms with Crippen LogP contribution in [0.15, 0.2) is 0 Å². The second-order valence-corrected chi connectivity index (χ2v) is 21.5. The van der Waals surface area contributed by atoms with E-state index in [9.17, 15) is 28.8 Å². The van der Waals surface area contributed by atoms with Gasteiger partial charge in [-0.1, -0.05) is 181 Å². The van der Waals surface area contributed by atoms with Crippen LogP contribution >= 0.6 is 0 Å². The largest absolute Gasteiger partial charge is 0.385 e. The fourth-order valence-corrected chi connectivity index (χ4v) is 9.17. The summed E-state index contributed by atoms with van der Waals surface area (Å²) in [5.74, 6) is -0.733. The average Bonchev–Trinajstić information content (AvgIpc) is 3.43. The minimum absolute atomic E-state index is 0.0529. The predicted octanol–water partition coefficient (Wildman–Crippen LogP) is 10.6. The Morgan fingerprint density at radius 1 is 0.304 bits per heavy atom. The zero-order valence-corrected chi connectivity index (χ0v) is 50.8. The van der Waals surface area contributed by atoms with Gasteiger partial charge in [0, 0.05) is 78.2 Å². The molecule has 0 bridgehead atoms. The van der Waals surface area contributed by atoms with Crippen LogP contribution in [0.4, 0.5) is 0 Å². The molecule has 6 N–H and O–H groups in total. The van der Waals surface area contributed by atoms with E-state index in [1.807, 2.05) is 0 Å². The van der Waals surface area contributed by atoms with Crippen LogP contribution in [0, 0.1) is 0 Å². The Morgan fingerprint density at radius 3 is 1.09 bits per heavy atom. The van der Waals surface area contributed by atoms with E-state index in [-0.39, 0.29) is 80.8 Å². The Hall–Kier alpha value is -3.38. The Morgan fingerprint density at radius 2 is 0.646 bits per heavy atom. The Labute approximate surface area is 481 Å². The fraction of sp³-hybridized carbons (Fsp3) is 0.903. The number of nitrogens with one attached hydrogen (secondary N) is 6. The first-order valence-electron chi connectivity index (χ1n) is 32.1. The van der Waals surface area contributed by atoms with Crippen LogP contribution in [0.1, 0.15) is 258 Å². The number of carbonyl (C=O) groups is 6. The molecule has 0 fully saturated rings. The van der Waals surface area contributed by atoms with Crippen LogP contribution in [0.25, 0.3) is 0 Å². The summed E-state index contributed by atoms with van der Waals surface area (Å²) in [4.78, 5) is 74.8. The normalized spacial score (nSPS) is 11.6. The molecule has 1 atom stereocenters. The zero-order chi connectivity index (χ0) is 57.6. The van der Waals surface area contributed by atoms with Gasteiger partial charge in [0.1, 0.15) is 13.2 Å². The molecule has 0 aromatic heterocycles. The number of carbonyl (C=O) groups excluding carboxylic acids is 6. The minimum atomic E-state index is -0.374. The molecule has 17 nitrogen and oxygen atoms in total. The van der Waals surface area contributed by atoms with Crippen LogP contribution in [-0.4, -0.2) is 141 Å². The molecule has 0 radical (unpaired) electrons. The number of amides is 6. The standard InChI is InChI=1S/C62H120N6O11/c1-4-6-8-10-12-14-16-18-20-22-24-26-30-38-57(69)66-44-47-76-49-51-78-54-61(73)64-42-34-32-37-56(53-60(72)63-41-33-28-29-35-46-75-3)68-59(71)40-36-43-65-62(74)55-79-52-50-77-48-45-67-58(70)39-31-27-25-23-21-19-17-15-13-11-9-7-5-2/h56H,4-55H2,1-3H3,(H,63,72)(H,64,73)(H,65,74)(H,66,69)(H,67,70)(H,68,71)/t56-/m0/s1. The van der Waals surface area contributed by atoms with Crippen LogP contribution in [0.2, 0.25) is 0 Å². The van der Waals surface area contributed by atoms with Gasteiger partial charge in [0.15, 0.2) is 0 Å². The monoisotopic (exact) mass is 1120 g/mol. The molecule has 17 heteroatoms. The molecular formula is C62H120N6O11. The van der Waals surface area contributed by atoms with Crippen molar-refractivity contribution in [2.24, 2.45) is 0 Å². The van der Waals surface area contributed by atoms with Crippen molar-refractivity contribution in [3.05, 3.63) is 0 Å².